The molecule has 0 bridgehead atoms. The molecule has 10 atom stereocenters. The van der Waals surface area contributed by atoms with Crippen molar-refractivity contribution in [2.45, 2.75) is 137 Å². The molecule has 1 aliphatic heterocycles. The summed E-state index contributed by atoms with van der Waals surface area (Å²) in [6.45, 7) is 25.4. The maximum absolute atomic E-state index is 12.8. The van der Waals surface area contributed by atoms with Crippen molar-refractivity contribution in [1.82, 2.24) is 20.2 Å². The topological polar surface area (TPSA) is 122 Å². The van der Waals surface area contributed by atoms with Crippen LogP contribution in [-0.4, -0.2) is 84.2 Å². The smallest absolute Gasteiger partial charge is 0.316 e. The van der Waals surface area contributed by atoms with Gasteiger partial charge < -0.3 is 20.1 Å². The van der Waals surface area contributed by atoms with Crippen LogP contribution in [0.15, 0.2) is 47.7 Å². The zero-order valence-corrected chi connectivity index (χ0v) is 38.2. The molecule has 1 aromatic heterocycles. The maximum Gasteiger partial charge on any atom is 0.316 e. The van der Waals surface area contributed by atoms with Gasteiger partial charge in [-0.3, -0.25) is 4.79 Å². The normalized spacial score (nSPS) is 41.3. The summed E-state index contributed by atoms with van der Waals surface area (Å²) < 4.78 is 30.0. The molecule has 0 aromatic carbocycles. The molecule has 5 fully saturated rings. The number of carbonyl (C=O) groups is 1. The van der Waals surface area contributed by atoms with Gasteiger partial charge in [0.1, 0.15) is 0 Å². The number of aromatic nitrogens is 2. The van der Waals surface area contributed by atoms with E-state index in [1.54, 1.807) is 6.20 Å². The van der Waals surface area contributed by atoms with Crippen molar-refractivity contribution in [2.75, 3.05) is 44.3 Å². The number of fused-ring (bicyclic) bond motifs is 7. The highest BCUT2D eigenvalue weighted by molar-refractivity contribution is 7.91. The molecule has 1 saturated heterocycles. The number of carboxylic acid groups (broad SMARTS) is 1. The summed E-state index contributed by atoms with van der Waals surface area (Å²) in [5, 5.41) is 14.7. The predicted octanol–water partition coefficient (Wildman–Crippen LogP) is 9.00. The molecule has 59 heavy (non-hydrogen) atoms. The van der Waals surface area contributed by atoms with Crippen molar-refractivity contribution >= 4 is 15.8 Å². The van der Waals surface area contributed by atoms with E-state index in [0.29, 0.717) is 79.5 Å². The van der Waals surface area contributed by atoms with Crippen molar-refractivity contribution in [3.63, 3.8) is 0 Å². The number of ether oxygens (including phenoxy) is 1. The molecular weight excluding hydrogens is 757 g/mol. The summed E-state index contributed by atoms with van der Waals surface area (Å²) in [6.07, 6.45) is 20.1. The molecule has 4 saturated carbocycles. The number of carboxylic acids is 1. The van der Waals surface area contributed by atoms with Crippen LogP contribution in [0.2, 0.25) is 0 Å². The van der Waals surface area contributed by atoms with Crippen LogP contribution in [0.4, 0.5) is 0 Å². The summed E-state index contributed by atoms with van der Waals surface area (Å²) in [7, 11) is -2.87. The highest BCUT2D eigenvalue weighted by Gasteiger charge is 2.70. The highest BCUT2D eigenvalue weighted by atomic mass is 32.2. The fraction of sp³-hybridized carbons (Fsp3) is 0.776. The molecule has 7 aliphatic rings. The fourth-order valence-electron chi connectivity index (χ4n) is 15.5. The highest BCUT2D eigenvalue weighted by Crippen LogP contribution is 2.76. The predicted molar refractivity (Wildman–Crippen MR) is 235 cm³/mol. The molecule has 8 rings (SSSR count). The zero-order valence-electron chi connectivity index (χ0n) is 37.4. The summed E-state index contributed by atoms with van der Waals surface area (Å²) in [5.41, 5.74) is 5.07. The van der Waals surface area contributed by atoms with E-state index in [0.717, 1.165) is 31.6 Å². The van der Waals surface area contributed by atoms with E-state index in [-0.39, 0.29) is 33.8 Å². The fourth-order valence-corrected chi connectivity index (χ4v) is 16.8. The monoisotopic (exact) mass is 831 g/mol. The van der Waals surface area contributed by atoms with Gasteiger partial charge in [-0.1, -0.05) is 58.9 Å². The van der Waals surface area contributed by atoms with Gasteiger partial charge in [-0.25, -0.2) is 18.4 Å². The Morgan fingerprint density at radius 3 is 2.41 bits per heavy atom. The number of aliphatic carboxylic acids is 1. The van der Waals surface area contributed by atoms with E-state index in [2.05, 4.69) is 80.5 Å². The minimum Gasteiger partial charge on any atom is -0.481 e. The van der Waals surface area contributed by atoms with Crippen LogP contribution in [0.5, 0.6) is 6.01 Å². The quantitative estimate of drug-likeness (QED) is 0.211. The van der Waals surface area contributed by atoms with Crippen molar-refractivity contribution in [3.05, 3.63) is 53.4 Å². The molecule has 2 N–H and O–H groups in total. The van der Waals surface area contributed by atoms with Gasteiger partial charge in [-0.05, 0) is 166 Å². The minimum absolute atomic E-state index is 0.00738. The van der Waals surface area contributed by atoms with E-state index < -0.39 is 21.2 Å². The van der Waals surface area contributed by atoms with Gasteiger partial charge in [-0.15, -0.1) is 0 Å². The Morgan fingerprint density at radius 1 is 0.966 bits per heavy atom. The SMILES string of the molecule is C=C(C)[C@@H]1CC[C@]2(NCCN3CCS(=O)(=O)CC3)CC[C@]3(C)[C@H](CC[C@@H]4[C@@]5(C)CC=C(C6=CCC(CCOc7nccc(C)n7)(C(=O)O)CC6)C(C)(C)[C@@H]5CC[C@]43C)[C@@H]12. The van der Waals surface area contributed by atoms with Crippen molar-refractivity contribution in [2.24, 2.45) is 56.7 Å². The van der Waals surface area contributed by atoms with Gasteiger partial charge in [-0.2, -0.15) is 0 Å². The number of rotatable bonds is 11. The third-order valence-electron chi connectivity index (χ3n) is 19.0. The number of aryl methyl sites for hydroxylation is 1. The van der Waals surface area contributed by atoms with Gasteiger partial charge in [0.15, 0.2) is 9.84 Å². The van der Waals surface area contributed by atoms with Crippen LogP contribution in [0, 0.1) is 63.6 Å². The number of allylic oxidation sites excluding steroid dienone is 5. The van der Waals surface area contributed by atoms with Crippen LogP contribution in [-0.2, 0) is 14.6 Å². The second kappa shape index (κ2) is 15.4. The summed E-state index contributed by atoms with van der Waals surface area (Å²) in [5.74, 6) is 2.89. The van der Waals surface area contributed by atoms with Crippen molar-refractivity contribution in [1.29, 1.82) is 0 Å². The second-order valence-corrected chi connectivity index (χ2v) is 24.2. The van der Waals surface area contributed by atoms with Crippen LogP contribution in [0.1, 0.15) is 131 Å². The minimum atomic E-state index is -2.87. The van der Waals surface area contributed by atoms with Crippen molar-refractivity contribution in [3.8, 4) is 6.01 Å². The van der Waals surface area contributed by atoms with E-state index in [1.165, 1.54) is 68.1 Å². The molecule has 10 heteroatoms. The molecule has 0 radical (unpaired) electrons. The van der Waals surface area contributed by atoms with Crippen LogP contribution in [0.25, 0.3) is 0 Å². The standard InChI is InChI=1S/C49H74N4O5S/c1-33(2)36-13-21-49(51-26-27-53-28-31-59(56,57)32-29-53)23-22-46(7)38(41(36)49)9-10-40-45(6)17-14-37(44(4,5)39(45)15-18-47(40,46)8)35-11-19-48(20-12-35,42(54)55)24-30-58-43-50-25-16-34(3)52-43/h11,14,16,25,36,38-41,51H,1,9-10,12-13,15,17-24,26-32H2,2-8H3,(H,54,55)/t36-,38+,39-,40+,41+,45-,46+,47+,48?,49-/m0/s1. The van der Waals surface area contributed by atoms with Gasteiger partial charge >= 0.3 is 12.0 Å². The first kappa shape index (κ1) is 43.1. The molecule has 326 valence electrons. The summed E-state index contributed by atoms with van der Waals surface area (Å²) >= 11 is 0. The lowest BCUT2D eigenvalue weighted by atomic mass is 9.33. The molecule has 1 aromatic rings. The van der Waals surface area contributed by atoms with E-state index in [1.807, 2.05) is 13.0 Å². The average Bonchev–Trinajstić information content (AvgIpc) is 3.56. The molecule has 0 spiro atoms. The van der Waals surface area contributed by atoms with E-state index in [4.69, 9.17) is 4.74 Å². The lowest BCUT2D eigenvalue weighted by Gasteiger charge is -2.72. The zero-order chi connectivity index (χ0) is 42.2. The Bertz CT molecular complexity index is 1980. The molecule has 6 aliphatic carbocycles. The Balaban J connectivity index is 0.991. The molecular formula is C49H74N4O5S. The Kier molecular flexibility index (Phi) is 11.2. The molecule has 9 nitrogen and oxygen atoms in total. The number of nitrogens with zero attached hydrogens (tertiary/aromatic N) is 3. The number of hydrogen-bond donors (Lipinski definition) is 2. The molecule has 0 amide bonds. The first-order valence-corrected chi connectivity index (χ1v) is 25.0. The number of nitrogens with one attached hydrogen (secondary N) is 1. The largest absolute Gasteiger partial charge is 0.481 e. The van der Waals surface area contributed by atoms with Gasteiger partial charge in [0.25, 0.3) is 0 Å². The first-order chi connectivity index (χ1) is 27.8. The molecule has 2 heterocycles. The third kappa shape index (κ3) is 7.19. The van der Waals surface area contributed by atoms with Crippen LogP contribution >= 0.6 is 0 Å². The van der Waals surface area contributed by atoms with Crippen molar-refractivity contribution < 1.29 is 23.1 Å². The van der Waals surface area contributed by atoms with Gasteiger partial charge in [0.05, 0.1) is 23.5 Å². The average molecular weight is 831 g/mol. The second-order valence-electron chi connectivity index (χ2n) is 21.9. The molecule has 1 unspecified atom stereocenters. The number of sulfone groups is 1. The Labute approximate surface area is 355 Å². The van der Waals surface area contributed by atoms with Crippen LogP contribution < -0.4 is 10.1 Å². The Hall–Kier alpha value is -2.56. The lowest BCUT2D eigenvalue weighted by molar-refractivity contribution is -0.221. The Morgan fingerprint density at radius 2 is 1.73 bits per heavy atom. The van der Waals surface area contributed by atoms with Crippen LogP contribution in [0.3, 0.4) is 0 Å². The lowest BCUT2D eigenvalue weighted by Crippen LogP contribution is -2.68. The number of hydrogen-bond acceptors (Lipinski definition) is 8. The maximum atomic E-state index is 12.8. The van der Waals surface area contributed by atoms with Gasteiger partial charge in [0.2, 0.25) is 0 Å². The van der Waals surface area contributed by atoms with Gasteiger partial charge in [0, 0.05) is 43.6 Å². The summed E-state index contributed by atoms with van der Waals surface area (Å²) in [6, 6.07) is 2.14. The van der Waals surface area contributed by atoms with E-state index >= 15 is 0 Å². The van der Waals surface area contributed by atoms with E-state index in [9.17, 15) is 18.3 Å². The third-order valence-corrected chi connectivity index (χ3v) is 20.6. The first-order valence-electron chi connectivity index (χ1n) is 23.2. The summed E-state index contributed by atoms with van der Waals surface area (Å²) in [4.78, 5) is 23.7.